The minimum Gasteiger partial charge on any atom is -0.490 e. The molecule has 8 heteroatoms. The van der Waals surface area contributed by atoms with Crippen LogP contribution in [0.4, 0.5) is 0 Å². The van der Waals surface area contributed by atoms with Crippen LogP contribution >= 0.6 is 15.9 Å². The van der Waals surface area contributed by atoms with Crippen molar-refractivity contribution in [1.82, 2.24) is 19.6 Å². The summed E-state index contributed by atoms with van der Waals surface area (Å²) in [6.07, 6.45) is 2.33. The molecule has 1 amide bonds. The Morgan fingerprint density at radius 1 is 1.08 bits per heavy atom. The fourth-order valence-corrected chi connectivity index (χ4v) is 5.59. The Morgan fingerprint density at radius 3 is 2.46 bits per heavy atom. The first kappa shape index (κ1) is 25.9. The van der Waals surface area contributed by atoms with Gasteiger partial charge in [-0.1, -0.05) is 45.8 Å². The molecule has 1 fully saturated rings. The lowest BCUT2D eigenvalue weighted by Crippen LogP contribution is -2.43. The molecule has 7 nitrogen and oxygen atoms in total. The smallest absolute Gasteiger partial charge is 0.219 e. The molecule has 2 aliphatic rings. The van der Waals surface area contributed by atoms with E-state index in [-0.39, 0.29) is 12.0 Å². The molecule has 1 N–H and O–H groups in total. The highest BCUT2D eigenvalue weighted by Gasteiger charge is 2.28. The summed E-state index contributed by atoms with van der Waals surface area (Å²) in [4.78, 5) is 16.3. The van der Waals surface area contributed by atoms with E-state index in [0.717, 1.165) is 65.1 Å². The minimum absolute atomic E-state index is 0.0787. The summed E-state index contributed by atoms with van der Waals surface area (Å²) < 4.78 is 9.15. The van der Waals surface area contributed by atoms with Crippen LogP contribution in [-0.4, -0.2) is 69.0 Å². The number of β-amino-alcohol motifs (C(OH)–C–C–N with tert-alkyl or cyclic N) is 1. The number of amides is 1. The van der Waals surface area contributed by atoms with Crippen LogP contribution in [0.3, 0.4) is 0 Å². The quantitative estimate of drug-likeness (QED) is 0.458. The molecule has 196 valence electrons. The van der Waals surface area contributed by atoms with Gasteiger partial charge in [0.05, 0.1) is 18.3 Å². The Kier molecular flexibility index (Phi) is 7.98. The highest BCUT2D eigenvalue weighted by Crippen LogP contribution is 2.31. The average Bonchev–Trinajstić information content (AvgIpc) is 3.24. The molecule has 2 aromatic carbocycles. The van der Waals surface area contributed by atoms with Gasteiger partial charge in [0.15, 0.2) is 0 Å². The number of halogens is 1. The molecule has 3 aromatic rings. The van der Waals surface area contributed by atoms with Gasteiger partial charge in [0.25, 0.3) is 0 Å². The standard InChI is InChI=1S/C29H35BrN4O3/c1-20-3-9-25(10-4-20)37-26-11-14-32(15-12-26)17-24(36)18-34-28-13-16-33(21(2)35)19-27(28)29(31-34)22-5-7-23(30)8-6-22/h3-10,24,26,36H,11-19H2,1-2H3. The van der Waals surface area contributed by atoms with Gasteiger partial charge in [-0.25, -0.2) is 0 Å². The summed E-state index contributed by atoms with van der Waals surface area (Å²) in [5.74, 6) is 1.01. The number of fused-ring (bicyclic) bond motifs is 1. The fraction of sp³-hybridized carbons (Fsp3) is 0.448. The Hall–Kier alpha value is -2.68. The number of aromatic nitrogens is 2. The lowest BCUT2D eigenvalue weighted by molar-refractivity contribution is -0.129. The molecule has 1 aromatic heterocycles. The molecular weight excluding hydrogens is 532 g/mol. The third-order valence-electron chi connectivity index (χ3n) is 7.41. The highest BCUT2D eigenvalue weighted by molar-refractivity contribution is 9.10. The summed E-state index contributed by atoms with van der Waals surface area (Å²) >= 11 is 3.51. The monoisotopic (exact) mass is 566 g/mol. The number of aryl methyl sites for hydroxylation is 1. The highest BCUT2D eigenvalue weighted by atomic mass is 79.9. The zero-order chi connectivity index (χ0) is 25.9. The van der Waals surface area contributed by atoms with Crippen molar-refractivity contribution in [2.45, 2.75) is 58.4 Å². The van der Waals surface area contributed by atoms with Crippen LogP contribution in [0.1, 0.15) is 36.6 Å². The number of hydrogen-bond acceptors (Lipinski definition) is 5. The zero-order valence-electron chi connectivity index (χ0n) is 21.6. The third kappa shape index (κ3) is 6.25. The number of rotatable bonds is 7. The molecule has 1 unspecified atom stereocenters. The van der Waals surface area contributed by atoms with E-state index in [1.165, 1.54) is 5.56 Å². The van der Waals surface area contributed by atoms with Gasteiger partial charge in [0, 0.05) is 67.4 Å². The SMILES string of the molecule is CC(=O)N1CCc2c(c(-c3ccc(Br)cc3)nn2CC(O)CN2CCC(Oc3ccc(C)cc3)CC2)C1. The van der Waals surface area contributed by atoms with Crippen molar-refractivity contribution >= 4 is 21.8 Å². The Morgan fingerprint density at radius 2 is 1.78 bits per heavy atom. The summed E-state index contributed by atoms with van der Waals surface area (Å²) in [6.45, 7) is 7.80. The van der Waals surface area contributed by atoms with Crippen molar-refractivity contribution in [1.29, 1.82) is 0 Å². The Bertz CT molecular complexity index is 1220. The van der Waals surface area contributed by atoms with Gasteiger partial charge in [-0.05, 0) is 44.0 Å². The van der Waals surface area contributed by atoms with Gasteiger partial charge in [0.2, 0.25) is 5.91 Å². The van der Waals surface area contributed by atoms with Crippen molar-refractivity contribution < 1.29 is 14.6 Å². The fourth-order valence-electron chi connectivity index (χ4n) is 5.32. The normalized spacial score (nSPS) is 17.5. The topological polar surface area (TPSA) is 70.8 Å². The van der Waals surface area contributed by atoms with Crippen molar-refractivity contribution in [3.63, 3.8) is 0 Å². The van der Waals surface area contributed by atoms with Crippen molar-refractivity contribution in [2.24, 2.45) is 0 Å². The lowest BCUT2D eigenvalue weighted by Gasteiger charge is -2.33. The predicted octanol–water partition coefficient (Wildman–Crippen LogP) is 4.43. The van der Waals surface area contributed by atoms with Crippen LogP contribution in [0, 0.1) is 6.92 Å². The number of piperidine rings is 1. The molecule has 0 aliphatic carbocycles. The third-order valence-corrected chi connectivity index (χ3v) is 7.94. The zero-order valence-corrected chi connectivity index (χ0v) is 23.2. The van der Waals surface area contributed by atoms with E-state index in [4.69, 9.17) is 9.84 Å². The summed E-state index contributed by atoms with van der Waals surface area (Å²) in [5.41, 5.74) is 5.36. The number of likely N-dealkylation sites (tertiary alicyclic amines) is 1. The first-order valence-electron chi connectivity index (χ1n) is 13.1. The number of carbonyl (C=O) groups is 1. The second-order valence-electron chi connectivity index (χ2n) is 10.2. The maximum atomic E-state index is 12.1. The van der Waals surface area contributed by atoms with Crippen LogP contribution in [0.2, 0.25) is 0 Å². The number of carbonyl (C=O) groups excluding carboxylic acids is 1. The van der Waals surface area contributed by atoms with Crippen molar-refractivity contribution in [3.8, 4) is 17.0 Å². The molecular formula is C29H35BrN4O3. The number of ether oxygens (including phenoxy) is 1. The number of hydrogen-bond donors (Lipinski definition) is 1. The largest absolute Gasteiger partial charge is 0.490 e. The average molecular weight is 568 g/mol. The van der Waals surface area contributed by atoms with E-state index in [0.29, 0.717) is 26.2 Å². The Labute approximate surface area is 227 Å². The number of aliphatic hydroxyl groups is 1. The molecule has 0 spiro atoms. The van der Waals surface area contributed by atoms with Crippen molar-refractivity contribution in [3.05, 3.63) is 69.8 Å². The van der Waals surface area contributed by atoms with E-state index >= 15 is 0 Å². The first-order chi connectivity index (χ1) is 17.9. The minimum atomic E-state index is -0.526. The van der Waals surface area contributed by atoms with Crippen LogP contribution in [0.15, 0.2) is 53.0 Å². The number of benzene rings is 2. The van der Waals surface area contributed by atoms with Gasteiger partial charge in [0.1, 0.15) is 11.9 Å². The van der Waals surface area contributed by atoms with Crippen LogP contribution < -0.4 is 4.74 Å². The predicted molar refractivity (Wildman–Crippen MR) is 147 cm³/mol. The number of nitrogens with zero attached hydrogens (tertiary/aromatic N) is 4. The van der Waals surface area contributed by atoms with E-state index < -0.39 is 6.10 Å². The molecule has 0 radical (unpaired) electrons. The second kappa shape index (κ2) is 11.4. The van der Waals surface area contributed by atoms with Crippen LogP contribution in [0.5, 0.6) is 5.75 Å². The van der Waals surface area contributed by atoms with Gasteiger partial charge in [-0.3, -0.25) is 9.48 Å². The second-order valence-corrected chi connectivity index (χ2v) is 11.2. The van der Waals surface area contributed by atoms with Crippen LogP contribution in [-0.2, 0) is 24.3 Å². The first-order valence-corrected chi connectivity index (χ1v) is 13.9. The maximum Gasteiger partial charge on any atom is 0.219 e. The van der Waals surface area contributed by atoms with E-state index in [2.05, 4.69) is 39.9 Å². The summed E-state index contributed by atoms with van der Waals surface area (Å²) in [5, 5.41) is 16.0. The molecule has 2 aliphatic heterocycles. The molecule has 3 heterocycles. The van der Waals surface area contributed by atoms with Crippen LogP contribution in [0.25, 0.3) is 11.3 Å². The Balaban J connectivity index is 1.22. The summed E-state index contributed by atoms with van der Waals surface area (Å²) in [6, 6.07) is 16.3. The molecule has 1 atom stereocenters. The maximum absolute atomic E-state index is 12.1. The molecule has 0 saturated carbocycles. The summed E-state index contributed by atoms with van der Waals surface area (Å²) in [7, 11) is 0. The molecule has 5 rings (SSSR count). The van der Waals surface area contributed by atoms with Gasteiger partial charge < -0.3 is 19.6 Å². The lowest BCUT2D eigenvalue weighted by atomic mass is 10.0. The molecule has 37 heavy (non-hydrogen) atoms. The molecule has 0 bridgehead atoms. The van der Waals surface area contributed by atoms with Gasteiger partial charge in [-0.15, -0.1) is 0 Å². The van der Waals surface area contributed by atoms with Gasteiger partial charge in [-0.2, -0.15) is 5.10 Å². The number of aliphatic hydroxyl groups excluding tert-OH is 1. The van der Waals surface area contributed by atoms with E-state index in [1.54, 1.807) is 6.92 Å². The van der Waals surface area contributed by atoms with Gasteiger partial charge >= 0.3 is 0 Å². The van der Waals surface area contributed by atoms with E-state index in [1.807, 2.05) is 46.0 Å². The van der Waals surface area contributed by atoms with Crippen molar-refractivity contribution in [2.75, 3.05) is 26.2 Å². The molecule has 1 saturated heterocycles. The van der Waals surface area contributed by atoms with E-state index in [9.17, 15) is 9.90 Å².